The van der Waals surface area contributed by atoms with Gasteiger partial charge in [-0.2, -0.15) is 0 Å². The van der Waals surface area contributed by atoms with Gasteiger partial charge in [0, 0.05) is 11.6 Å². The number of nitrogens with zero attached hydrogens (tertiary/aromatic N) is 4. The molecule has 2 heterocycles. The van der Waals surface area contributed by atoms with Crippen LogP contribution in [-0.2, 0) is 9.53 Å². The lowest BCUT2D eigenvalue weighted by atomic mass is 10.0. The second-order valence-corrected chi connectivity index (χ2v) is 8.80. The topological polar surface area (TPSA) is 75.6 Å². The third kappa shape index (κ3) is 4.80. The highest BCUT2D eigenvalue weighted by Gasteiger charge is 2.38. The molecule has 0 saturated carbocycles. The summed E-state index contributed by atoms with van der Waals surface area (Å²) in [5.41, 5.74) is 1.57. The second-order valence-electron chi connectivity index (χ2n) is 7.56. The molecule has 0 N–H and O–H groups in total. The van der Waals surface area contributed by atoms with Crippen LogP contribution in [0.4, 0.5) is 15.6 Å². The molecule has 0 radical (unpaired) electrons. The molecule has 1 aliphatic rings. The molecule has 7 nitrogen and oxygen atoms in total. The van der Waals surface area contributed by atoms with Gasteiger partial charge in [0.25, 0.3) is 5.91 Å². The van der Waals surface area contributed by atoms with Crippen LogP contribution in [0.25, 0.3) is 0 Å². The van der Waals surface area contributed by atoms with E-state index in [-0.39, 0.29) is 5.91 Å². The van der Waals surface area contributed by atoms with Gasteiger partial charge < -0.3 is 4.74 Å². The van der Waals surface area contributed by atoms with E-state index in [4.69, 9.17) is 16.3 Å². The number of ether oxygens (including phenoxy) is 1. The SMILES string of the molecule is CC(C)(C)OC(=O)N1CCCCC1C(=O)N(c1ccc(Cl)cc1)c1nncs1. The second kappa shape index (κ2) is 8.45. The Kier molecular flexibility index (Phi) is 6.20. The normalized spacial score (nSPS) is 17.3. The van der Waals surface area contributed by atoms with Crippen LogP contribution in [0.15, 0.2) is 29.8 Å². The molecule has 1 aromatic heterocycles. The molecule has 0 spiro atoms. The fraction of sp³-hybridized carbons (Fsp3) is 0.474. The van der Waals surface area contributed by atoms with Crippen LogP contribution in [0.5, 0.6) is 0 Å². The van der Waals surface area contributed by atoms with Crippen molar-refractivity contribution in [3.05, 3.63) is 34.8 Å². The van der Waals surface area contributed by atoms with Crippen molar-refractivity contribution in [3.63, 3.8) is 0 Å². The lowest BCUT2D eigenvalue weighted by Crippen LogP contribution is -2.53. The smallest absolute Gasteiger partial charge is 0.410 e. The van der Waals surface area contributed by atoms with Crippen LogP contribution in [0.1, 0.15) is 40.0 Å². The summed E-state index contributed by atoms with van der Waals surface area (Å²) in [5, 5.41) is 8.94. The zero-order chi connectivity index (χ0) is 20.3. The molecule has 0 aliphatic carbocycles. The molecular formula is C19H23ClN4O3S. The summed E-state index contributed by atoms with van der Waals surface area (Å²) in [6.07, 6.45) is 1.79. The number of carbonyl (C=O) groups excluding carboxylic acids is 2. The van der Waals surface area contributed by atoms with Crippen LogP contribution in [0.3, 0.4) is 0 Å². The minimum atomic E-state index is -0.628. The van der Waals surface area contributed by atoms with Gasteiger partial charge in [0.05, 0.1) is 5.69 Å². The molecule has 28 heavy (non-hydrogen) atoms. The number of benzene rings is 1. The Hall–Kier alpha value is -2.19. The van der Waals surface area contributed by atoms with E-state index < -0.39 is 17.7 Å². The Morgan fingerprint density at radius 3 is 2.57 bits per heavy atom. The number of piperidine rings is 1. The summed E-state index contributed by atoms with van der Waals surface area (Å²) in [6, 6.07) is 6.31. The maximum absolute atomic E-state index is 13.5. The van der Waals surface area contributed by atoms with Gasteiger partial charge in [0.2, 0.25) is 5.13 Å². The Morgan fingerprint density at radius 1 is 1.25 bits per heavy atom. The molecule has 9 heteroatoms. The van der Waals surface area contributed by atoms with Crippen molar-refractivity contribution >= 4 is 45.8 Å². The lowest BCUT2D eigenvalue weighted by molar-refractivity contribution is -0.124. The van der Waals surface area contributed by atoms with Gasteiger partial charge in [-0.05, 0) is 64.3 Å². The monoisotopic (exact) mass is 422 g/mol. The fourth-order valence-corrected chi connectivity index (χ4v) is 3.77. The van der Waals surface area contributed by atoms with E-state index in [1.807, 2.05) is 20.8 Å². The van der Waals surface area contributed by atoms with Crippen molar-refractivity contribution in [2.45, 2.75) is 51.7 Å². The quantitative estimate of drug-likeness (QED) is 0.719. The number of anilines is 2. The van der Waals surface area contributed by atoms with E-state index in [1.54, 1.807) is 29.8 Å². The number of amides is 2. The molecule has 150 valence electrons. The van der Waals surface area contributed by atoms with Gasteiger partial charge in [-0.25, -0.2) is 4.79 Å². The number of carbonyl (C=O) groups is 2. The van der Waals surface area contributed by atoms with Gasteiger partial charge in [-0.15, -0.1) is 10.2 Å². The maximum atomic E-state index is 13.5. The average Bonchev–Trinajstić information content (AvgIpc) is 3.16. The molecule has 1 aromatic carbocycles. The highest BCUT2D eigenvalue weighted by molar-refractivity contribution is 7.13. The maximum Gasteiger partial charge on any atom is 0.410 e. The molecule has 1 saturated heterocycles. The Bertz CT molecular complexity index is 821. The van der Waals surface area contributed by atoms with E-state index in [9.17, 15) is 9.59 Å². The first-order valence-electron chi connectivity index (χ1n) is 9.11. The van der Waals surface area contributed by atoms with Crippen LogP contribution in [0, 0.1) is 0 Å². The number of likely N-dealkylation sites (tertiary alicyclic amines) is 1. The predicted molar refractivity (Wildman–Crippen MR) is 109 cm³/mol. The summed E-state index contributed by atoms with van der Waals surface area (Å²) in [5.74, 6) is -0.232. The average molecular weight is 423 g/mol. The van der Waals surface area contributed by atoms with Crippen molar-refractivity contribution in [2.75, 3.05) is 11.4 Å². The van der Waals surface area contributed by atoms with Crippen molar-refractivity contribution < 1.29 is 14.3 Å². The molecule has 1 unspecified atom stereocenters. The first-order chi connectivity index (χ1) is 13.3. The Labute approximate surface area is 173 Å². The number of hydrogen-bond acceptors (Lipinski definition) is 6. The van der Waals surface area contributed by atoms with Crippen LogP contribution in [-0.4, -0.2) is 45.3 Å². The Morgan fingerprint density at radius 2 is 1.96 bits per heavy atom. The minimum absolute atomic E-state index is 0.232. The van der Waals surface area contributed by atoms with E-state index >= 15 is 0 Å². The highest BCUT2D eigenvalue weighted by atomic mass is 35.5. The predicted octanol–water partition coefficient (Wildman–Crippen LogP) is 4.65. The number of halogens is 1. The standard InChI is InChI=1S/C19H23ClN4O3S/c1-19(2,3)27-18(26)23-11-5-4-6-15(23)16(25)24(17-22-21-12-28-17)14-9-7-13(20)8-10-14/h7-10,12,15H,4-6,11H2,1-3H3. The molecule has 2 amide bonds. The highest BCUT2D eigenvalue weighted by Crippen LogP contribution is 2.31. The summed E-state index contributed by atoms with van der Waals surface area (Å²) < 4.78 is 5.52. The number of aromatic nitrogens is 2. The molecule has 1 atom stereocenters. The lowest BCUT2D eigenvalue weighted by Gasteiger charge is -2.37. The largest absolute Gasteiger partial charge is 0.444 e. The number of hydrogen-bond donors (Lipinski definition) is 0. The fourth-order valence-electron chi connectivity index (χ4n) is 3.06. The summed E-state index contributed by atoms with van der Waals surface area (Å²) in [6.45, 7) is 5.92. The molecule has 2 aromatic rings. The molecule has 0 bridgehead atoms. The van der Waals surface area contributed by atoms with Crippen molar-refractivity contribution in [1.29, 1.82) is 0 Å². The van der Waals surface area contributed by atoms with Gasteiger partial charge in [0.1, 0.15) is 17.2 Å². The summed E-state index contributed by atoms with van der Waals surface area (Å²) in [4.78, 5) is 29.3. The van der Waals surface area contributed by atoms with Crippen molar-refractivity contribution in [2.24, 2.45) is 0 Å². The Balaban J connectivity index is 1.92. The van der Waals surface area contributed by atoms with Gasteiger partial charge in [-0.1, -0.05) is 22.9 Å². The zero-order valence-electron chi connectivity index (χ0n) is 16.1. The first kappa shape index (κ1) is 20.5. The van der Waals surface area contributed by atoms with E-state index in [0.717, 1.165) is 12.8 Å². The third-order valence-corrected chi connectivity index (χ3v) is 5.19. The van der Waals surface area contributed by atoms with Gasteiger partial charge in [0.15, 0.2) is 0 Å². The van der Waals surface area contributed by atoms with Crippen molar-refractivity contribution in [3.8, 4) is 0 Å². The van der Waals surface area contributed by atoms with Gasteiger partial charge in [-0.3, -0.25) is 14.6 Å². The minimum Gasteiger partial charge on any atom is -0.444 e. The molecular weight excluding hydrogens is 400 g/mol. The number of rotatable bonds is 3. The summed E-state index contributed by atoms with van der Waals surface area (Å²) >= 11 is 7.25. The van der Waals surface area contributed by atoms with E-state index in [2.05, 4.69) is 10.2 Å². The summed E-state index contributed by atoms with van der Waals surface area (Å²) in [7, 11) is 0. The first-order valence-corrected chi connectivity index (χ1v) is 10.4. The van der Waals surface area contributed by atoms with E-state index in [0.29, 0.717) is 28.8 Å². The van der Waals surface area contributed by atoms with Crippen molar-refractivity contribution in [1.82, 2.24) is 15.1 Å². The van der Waals surface area contributed by atoms with Crippen LogP contribution in [0.2, 0.25) is 5.02 Å². The third-order valence-electron chi connectivity index (χ3n) is 4.26. The van der Waals surface area contributed by atoms with Gasteiger partial charge >= 0.3 is 6.09 Å². The van der Waals surface area contributed by atoms with E-state index in [1.165, 1.54) is 21.1 Å². The molecule has 3 rings (SSSR count). The molecule has 1 aliphatic heterocycles. The zero-order valence-corrected chi connectivity index (χ0v) is 17.7. The van der Waals surface area contributed by atoms with Crippen LogP contribution >= 0.6 is 22.9 Å². The van der Waals surface area contributed by atoms with Crippen LogP contribution < -0.4 is 4.90 Å². The molecule has 1 fully saturated rings.